The number of pyridine rings is 1. The highest BCUT2D eigenvalue weighted by Gasteiger charge is 2.46. The number of alkyl halides is 6. The minimum atomic E-state index is -5.08. The quantitative estimate of drug-likeness (QED) is 0.622. The molecule has 33 heavy (non-hydrogen) atoms. The number of halogens is 6. The molecule has 0 amide bonds. The highest BCUT2D eigenvalue weighted by molar-refractivity contribution is 5.73. The maximum absolute atomic E-state index is 10.6. The maximum Gasteiger partial charge on any atom is 0.490 e. The summed E-state index contributed by atoms with van der Waals surface area (Å²) in [5, 5.41) is 14.2. The van der Waals surface area contributed by atoms with Crippen LogP contribution < -0.4 is 4.74 Å². The molecular formula is C19H24F6N2O6. The van der Waals surface area contributed by atoms with Gasteiger partial charge in [-0.25, -0.2) is 9.59 Å². The molecule has 1 aromatic rings. The van der Waals surface area contributed by atoms with E-state index in [2.05, 4.69) is 16.9 Å². The van der Waals surface area contributed by atoms with Gasteiger partial charge in [-0.1, -0.05) is 0 Å². The van der Waals surface area contributed by atoms with Crippen LogP contribution in [0.3, 0.4) is 0 Å². The van der Waals surface area contributed by atoms with Gasteiger partial charge in [0.05, 0.1) is 25.0 Å². The van der Waals surface area contributed by atoms with Crippen molar-refractivity contribution in [1.82, 2.24) is 9.88 Å². The lowest BCUT2D eigenvalue weighted by Gasteiger charge is -2.42. The highest BCUT2D eigenvalue weighted by Crippen LogP contribution is 2.41. The number of aliphatic carboxylic acids is 2. The summed E-state index contributed by atoms with van der Waals surface area (Å²) in [6, 6.07) is 3.87. The van der Waals surface area contributed by atoms with Crippen LogP contribution in [0.1, 0.15) is 19.3 Å². The van der Waals surface area contributed by atoms with E-state index < -0.39 is 24.3 Å². The van der Waals surface area contributed by atoms with E-state index >= 15 is 0 Å². The Morgan fingerprint density at radius 2 is 1.79 bits per heavy atom. The van der Waals surface area contributed by atoms with Crippen LogP contribution in [0.2, 0.25) is 0 Å². The average molecular weight is 490 g/mol. The third kappa shape index (κ3) is 9.82. The van der Waals surface area contributed by atoms with Crippen LogP contribution in [-0.2, 0) is 14.3 Å². The molecule has 0 aromatic carbocycles. The van der Waals surface area contributed by atoms with Gasteiger partial charge in [-0.05, 0) is 38.4 Å². The second kappa shape index (κ2) is 12.0. The third-order valence-electron chi connectivity index (χ3n) is 4.87. The minimum Gasteiger partial charge on any atom is -0.492 e. The Labute approximate surface area is 185 Å². The number of hydrogen-bond donors (Lipinski definition) is 2. The Morgan fingerprint density at radius 1 is 1.21 bits per heavy atom. The van der Waals surface area contributed by atoms with Crippen molar-refractivity contribution < 1.29 is 55.6 Å². The van der Waals surface area contributed by atoms with Crippen molar-refractivity contribution in [3.05, 3.63) is 24.5 Å². The van der Waals surface area contributed by atoms with Crippen molar-refractivity contribution in [1.29, 1.82) is 0 Å². The average Bonchev–Trinajstić information content (AvgIpc) is 3.07. The lowest BCUT2D eigenvalue weighted by molar-refractivity contribution is -0.193. The lowest BCUT2D eigenvalue weighted by atomic mass is 9.89. The lowest BCUT2D eigenvalue weighted by Crippen LogP contribution is -2.53. The number of ether oxygens (including phenoxy) is 2. The summed E-state index contributed by atoms with van der Waals surface area (Å²) in [5.41, 5.74) is 0.0230. The predicted octanol–water partition coefficient (Wildman–Crippen LogP) is 3.23. The fourth-order valence-corrected chi connectivity index (χ4v) is 3.36. The molecule has 0 bridgehead atoms. The van der Waals surface area contributed by atoms with Crippen LogP contribution in [0.25, 0.3) is 0 Å². The van der Waals surface area contributed by atoms with Gasteiger partial charge in [-0.3, -0.25) is 4.98 Å². The van der Waals surface area contributed by atoms with Gasteiger partial charge in [0.2, 0.25) is 0 Å². The van der Waals surface area contributed by atoms with Crippen molar-refractivity contribution in [2.24, 2.45) is 5.92 Å². The van der Waals surface area contributed by atoms with Crippen molar-refractivity contribution in [3.63, 3.8) is 0 Å². The van der Waals surface area contributed by atoms with Crippen LogP contribution in [0, 0.1) is 5.92 Å². The number of morpholine rings is 1. The zero-order chi connectivity index (χ0) is 25.3. The maximum atomic E-state index is 10.6. The smallest absolute Gasteiger partial charge is 0.490 e. The van der Waals surface area contributed by atoms with Crippen LogP contribution in [0.5, 0.6) is 5.75 Å². The second-order valence-corrected chi connectivity index (χ2v) is 7.35. The Kier molecular flexibility index (Phi) is 10.4. The molecule has 2 aliphatic rings. The number of likely N-dealkylation sites (N-methyl/N-ethyl adjacent to an activating group) is 1. The Balaban J connectivity index is 0.000000324. The third-order valence-corrected chi connectivity index (χ3v) is 4.87. The molecule has 2 fully saturated rings. The first-order valence-corrected chi connectivity index (χ1v) is 9.63. The van der Waals surface area contributed by atoms with Gasteiger partial charge in [0.25, 0.3) is 0 Å². The SMILES string of the molecule is CN1CCO[C@]2(CCC[C@H]2COc2cccnc2)C1.O=C(O)C(F)(F)F.O=C(O)C(F)(F)F. The van der Waals surface area contributed by atoms with Crippen LogP contribution in [-0.4, -0.2) is 83.3 Å². The standard InChI is InChI=1S/C15H22N2O2.2C2HF3O2/c1-17-8-9-19-15(12-17)6-2-4-13(15)11-18-14-5-3-7-16-10-14;2*3-2(4,5)1(6)7/h3,5,7,10,13H,2,4,6,8-9,11-12H2,1H3;2*(H,6,7)/t13-,15+;;/m0../s1. The molecule has 2 N–H and O–H groups in total. The molecule has 1 aliphatic carbocycles. The van der Waals surface area contributed by atoms with Gasteiger partial charge < -0.3 is 24.6 Å². The molecule has 188 valence electrons. The first-order chi connectivity index (χ1) is 15.2. The number of carbonyl (C=O) groups is 2. The van der Waals surface area contributed by atoms with E-state index in [0.717, 1.165) is 32.1 Å². The summed E-state index contributed by atoms with van der Waals surface area (Å²) >= 11 is 0. The molecule has 2 atom stereocenters. The van der Waals surface area contributed by atoms with Gasteiger partial charge in [-0.2, -0.15) is 26.3 Å². The van der Waals surface area contributed by atoms with Gasteiger partial charge in [0.15, 0.2) is 0 Å². The largest absolute Gasteiger partial charge is 0.492 e. The van der Waals surface area contributed by atoms with Crippen LogP contribution in [0.15, 0.2) is 24.5 Å². The van der Waals surface area contributed by atoms with Gasteiger partial charge in [0.1, 0.15) is 5.75 Å². The van der Waals surface area contributed by atoms with Gasteiger partial charge in [-0.15, -0.1) is 0 Å². The molecule has 0 radical (unpaired) electrons. The molecule has 1 spiro atoms. The van der Waals surface area contributed by atoms with Crippen molar-refractivity contribution in [3.8, 4) is 5.75 Å². The number of nitrogens with zero attached hydrogens (tertiary/aromatic N) is 2. The summed E-state index contributed by atoms with van der Waals surface area (Å²) in [6.07, 6.45) is -3.01. The Morgan fingerprint density at radius 3 is 2.24 bits per heavy atom. The molecule has 1 saturated carbocycles. The minimum absolute atomic E-state index is 0.0230. The normalized spacial score (nSPS) is 23.1. The number of hydrogen-bond acceptors (Lipinski definition) is 6. The predicted molar refractivity (Wildman–Crippen MR) is 101 cm³/mol. The summed E-state index contributed by atoms with van der Waals surface area (Å²) < 4.78 is 75.5. The van der Waals surface area contributed by atoms with E-state index in [1.54, 1.807) is 12.4 Å². The molecule has 8 nitrogen and oxygen atoms in total. The van der Waals surface area contributed by atoms with E-state index in [9.17, 15) is 26.3 Å². The number of carboxylic acids is 2. The zero-order valence-corrected chi connectivity index (χ0v) is 17.5. The van der Waals surface area contributed by atoms with Crippen molar-refractivity contribution in [2.45, 2.75) is 37.2 Å². The zero-order valence-electron chi connectivity index (χ0n) is 17.5. The summed E-state index contributed by atoms with van der Waals surface area (Å²) in [4.78, 5) is 24.3. The van der Waals surface area contributed by atoms with Gasteiger partial charge in [0, 0.05) is 25.2 Å². The fraction of sp³-hybridized carbons (Fsp3) is 0.632. The number of carboxylic acid groups (broad SMARTS) is 2. The van der Waals surface area contributed by atoms with E-state index in [0.29, 0.717) is 5.92 Å². The van der Waals surface area contributed by atoms with E-state index in [-0.39, 0.29) is 5.60 Å². The van der Waals surface area contributed by atoms with E-state index in [1.807, 2.05) is 12.1 Å². The Hall–Kier alpha value is -2.61. The summed E-state index contributed by atoms with van der Waals surface area (Å²) in [6.45, 7) is 3.66. The molecule has 3 rings (SSSR count). The monoisotopic (exact) mass is 490 g/mol. The summed E-state index contributed by atoms with van der Waals surface area (Å²) in [5.74, 6) is -4.16. The first-order valence-electron chi connectivity index (χ1n) is 9.63. The molecule has 0 unspecified atom stereocenters. The van der Waals surface area contributed by atoms with Crippen LogP contribution in [0.4, 0.5) is 26.3 Å². The van der Waals surface area contributed by atoms with Crippen molar-refractivity contribution in [2.75, 3.05) is 33.4 Å². The topological polar surface area (TPSA) is 109 Å². The molecule has 2 heterocycles. The number of aromatic nitrogens is 1. The van der Waals surface area contributed by atoms with Crippen molar-refractivity contribution >= 4 is 11.9 Å². The van der Waals surface area contributed by atoms with E-state index in [4.69, 9.17) is 29.3 Å². The molecule has 14 heteroatoms. The number of rotatable bonds is 3. The van der Waals surface area contributed by atoms with Crippen LogP contribution >= 0.6 is 0 Å². The molecular weight excluding hydrogens is 466 g/mol. The first kappa shape index (κ1) is 28.4. The molecule has 1 aliphatic heterocycles. The second-order valence-electron chi connectivity index (χ2n) is 7.35. The summed E-state index contributed by atoms with van der Waals surface area (Å²) in [7, 11) is 2.18. The van der Waals surface area contributed by atoms with Gasteiger partial charge >= 0.3 is 24.3 Å². The highest BCUT2D eigenvalue weighted by atomic mass is 19.4. The van der Waals surface area contributed by atoms with E-state index in [1.165, 1.54) is 19.3 Å². The Bertz CT molecular complexity index is 737. The fourth-order valence-electron chi connectivity index (χ4n) is 3.36. The molecule has 1 aromatic heterocycles. The molecule has 1 saturated heterocycles.